The van der Waals surface area contributed by atoms with Gasteiger partial charge in [-0.2, -0.15) is 0 Å². The number of hydrogen-bond donors (Lipinski definition) is 1. The van der Waals surface area contributed by atoms with Gasteiger partial charge in [0.1, 0.15) is 11.6 Å². The Hall–Kier alpha value is -2.01. The highest BCUT2D eigenvalue weighted by Gasteiger charge is 2.08. The molecule has 5 heteroatoms. The molecule has 2 aromatic carbocycles. The van der Waals surface area contributed by atoms with E-state index < -0.39 is 0 Å². The lowest BCUT2D eigenvalue weighted by Gasteiger charge is -2.09. The summed E-state index contributed by atoms with van der Waals surface area (Å²) in [5.41, 5.74) is 1.24. The van der Waals surface area contributed by atoms with E-state index in [0.29, 0.717) is 22.8 Å². The second-order valence-electron chi connectivity index (χ2n) is 4.33. The first-order valence-electron chi connectivity index (χ1n) is 6.44. The number of para-hydroxylation sites is 2. The van der Waals surface area contributed by atoms with Crippen LogP contribution in [-0.4, -0.2) is 18.8 Å². The van der Waals surface area contributed by atoms with E-state index in [9.17, 15) is 9.18 Å². The third kappa shape index (κ3) is 4.49. The Labute approximate surface area is 127 Å². The SMILES string of the molecule is COc1ccccc1NC(=O)CSCc1ccccc1F. The molecule has 21 heavy (non-hydrogen) atoms. The average molecular weight is 305 g/mol. The van der Waals surface area contributed by atoms with Crippen LogP contribution in [0.3, 0.4) is 0 Å². The van der Waals surface area contributed by atoms with Crippen molar-refractivity contribution < 1.29 is 13.9 Å². The number of hydrogen-bond acceptors (Lipinski definition) is 3. The van der Waals surface area contributed by atoms with Gasteiger partial charge in [-0.1, -0.05) is 30.3 Å². The molecule has 1 N–H and O–H groups in total. The van der Waals surface area contributed by atoms with Crippen LogP contribution >= 0.6 is 11.8 Å². The van der Waals surface area contributed by atoms with E-state index in [4.69, 9.17) is 4.74 Å². The van der Waals surface area contributed by atoms with Crippen LogP contribution in [0.5, 0.6) is 5.75 Å². The molecule has 0 atom stereocenters. The van der Waals surface area contributed by atoms with Gasteiger partial charge in [0.2, 0.25) is 5.91 Å². The molecular formula is C16H16FNO2S. The van der Waals surface area contributed by atoms with Gasteiger partial charge in [-0.05, 0) is 23.8 Å². The summed E-state index contributed by atoms with van der Waals surface area (Å²) in [6.07, 6.45) is 0. The van der Waals surface area contributed by atoms with E-state index in [1.54, 1.807) is 37.4 Å². The summed E-state index contributed by atoms with van der Waals surface area (Å²) in [4.78, 5) is 11.9. The van der Waals surface area contributed by atoms with Gasteiger partial charge in [0.05, 0.1) is 18.6 Å². The van der Waals surface area contributed by atoms with Crippen molar-refractivity contribution in [3.8, 4) is 5.75 Å². The number of rotatable bonds is 6. The highest BCUT2D eigenvalue weighted by Crippen LogP contribution is 2.23. The summed E-state index contributed by atoms with van der Waals surface area (Å²) in [6.45, 7) is 0. The van der Waals surface area contributed by atoms with Crippen LogP contribution in [0.4, 0.5) is 10.1 Å². The molecule has 2 rings (SSSR count). The highest BCUT2D eigenvalue weighted by molar-refractivity contribution is 7.99. The number of anilines is 1. The van der Waals surface area contributed by atoms with E-state index in [1.807, 2.05) is 12.1 Å². The number of thioether (sulfide) groups is 1. The smallest absolute Gasteiger partial charge is 0.234 e. The molecule has 0 saturated heterocycles. The van der Waals surface area contributed by atoms with Crippen LogP contribution in [-0.2, 0) is 10.5 Å². The Balaban J connectivity index is 1.84. The van der Waals surface area contributed by atoms with Crippen LogP contribution in [0, 0.1) is 5.82 Å². The van der Waals surface area contributed by atoms with Crippen molar-refractivity contribution in [2.24, 2.45) is 0 Å². The molecule has 110 valence electrons. The van der Waals surface area contributed by atoms with E-state index >= 15 is 0 Å². The number of ether oxygens (including phenoxy) is 1. The standard InChI is InChI=1S/C16H16FNO2S/c1-20-15-9-5-4-8-14(15)18-16(19)11-21-10-12-6-2-3-7-13(12)17/h2-9H,10-11H2,1H3,(H,18,19). The Bertz CT molecular complexity index is 619. The van der Waals surface area contributed by atoms with E-state index in [2.05, 4.69) is 5.32 Å². The van der Waals surface area contributed by atoms with Crippen LogP contribution in [0.25, 0.3) is 0 Å². The van der Waals surface area contributed by atoms with E-state index in [1.165, 1.54) is 17.8 Å². The number of benzene rings is 2. The zero-order valence-corrected chi connectivity index (χ0v) is 12.5. The maximum absolute atomic E-state index is 13.4. The van der Waals surface area contributed by atoms with Gasteiger partial charge in [-0.25, -0.2) is 4.39 Å². The molecule has 0 aliphatic rings. The quantitative estimate of drug-likeness (QED) is 0.884. The van der Waals surface area contributed by atoms with Crippen molar-refractivity contribution in [3.05, 3.63) is 59.9 Å². The Morgan fingerprint density at radius 3 is 2.67 bits per heavy atom. The van der Waals surface area contributed by atoms with Gasteiger partial charge < -0.3 is 10.1 Å². The number of carbonyl (C=O) groups is 1. The number of amides is 1. The van der Waals surface area contributed by atoms with Gasteiger partial charge in [0.15, 0.2) is 0 Å². The first-order chi connectivity index (χ1) is 10.2. The Morgan fingerprint density at radius 1 is 1.19 bits per heavy atom. The minimum Gasteiger partial charge on any atom is -0.495 e. The molecule has 0 spiro atoms. The molecule has 0 fully saturated rings. The second kappa shape index (κ2) is 7.69. The molecule has 0 radical (unpaired) electrons. The van der Waals surface area contributed by atoms with Crippen LogP contribution in [0.15, 0.2) is 48.5 Å². The van der Waals surface area contributed by atoms with Crippen LogP contribution in [0.2, 0.25) is 0 Å². The predicted octanol–water partition coefficient (Wildman–Crippen LogP) is 3.71. The second-order valence-corrected chi connectivity index (χ2v) is 5.32. The number of methoxy groups -OCH3 is 1. The largest absolute Gasteiger partial charge is 0.495 e. The van der Waals surface area contributed by atoms with Crippen molar-refractivity contribution in [3.63, 3.8) is 0 Å². The van der Waals surface area contributed by atoms with Gasteiger partial charge in [0, 0.05) is 5.75 Å². The summed E-state index contributed by atoms with van der Waals surface area (Å²) in [7, 11) is 1.55. The highest BCUT2D eigenvalue weighted by atomic mass is 32.2. The number of halogens is 1. The van der Waals surface area contributed by atoms with Crippen LogP contribution in [0.1, 0.15) is 5.56 Å². The molecule has 0 heterocycles. The number of nitrogens with one attached hydrogen (secondary N) is 1. The van der Waals surface area contributed by atoms with E-state index in [-0.39, 0.29) is 17.5 Å². The minimum absolute atomic E-state index is 0.138. The topological polar surface area (TPSA) is 38.3 Å². The molecule has 3 nitrogen and oxygen atoms in total. The fraction of sp³-hybridized carbons (Fsp3) is 0.188. The summed E-state index contributed by atoms with van der Waals surface area (Å²) >= 11 is 1.37. The number of carbonyl (C=O) groups excluding carboxylic acids is 1. The molecule has 1 amide bonds. The summed E-state index contributed by atoms with van der Waals surface area (Å²) in [6, 6.07) is 13.8. The fourth-order valence-corrected chi connectivity index (χ4v) is 2.62. The van der Waals surface area contributed by atoms with Gasteiger partial charge >= 0.3 is 0 Å². The summed E-state index contributed by atoms with van der Waals surface area (Å²) in [5, 5.41) is 2.78. The summed E-state index contributed by atoms with van der Waals surface area (Å²) < 4.78 is 18.6. The molecule has 0 aromatic heterocycles. The molecule has 0 unspecified atom stereocenters. The first kappa shape index (κ1) is 15.4. The average Bonchev–Trinajstić information content (AvgIpc) is 2.50. The maximum atomic E-state index is 13.4. The predicted molar refractivity (Wildman–Crippen MR) is 84.2 cm³/mol. The zero-order valence-electron chi connectivity index (χ0n) is 11.6. The zero-order chi connectivity index (χ0) is 15.1. The lowest BCUT2D eigenvalue weighted by atomic mass is 10.2. The Kier molecular flexibility index (Phi) is 5.63. The van der Waals surface area contributed by atoms with Gasteiger partial charge in [-0.3, -0.25) is 4.79 Å². The maximum Gasteiger partial charge on any atom is 0.234 e. The normalized spacial score (nSPS) is 10.2. The minimum atomic E-state index is -0.241. The molecular weight excluding hydrogens is 289 g/mol. The summed E-state index contributed by atoms with van der Waals surface area (Å²) in [5.74, 6) is 0.958. The monoisotopic (exact) mass is 305 g/mol. The van der Waals surface area contributed by atoms with Crippen molar-refractivity contribution >= 4 is 23.4 Å². The van der Waals surface area contributed by atoms with Gasteiger partial charge in [-0.15, -0.1) is 11.8 Å². The third-order valence-electron chi connectivity index (χ3n) is 2.83. The first-order valence-corrected chi connectivity index (χ1v) is 7.60. The molecule has 2 aromatic rings. The fourth-order valence-electron chi connectivity index (χ4n) is 1.80. The molecule has 0 aliphatic heterocycles. The lowest BCUT2D eigenvalue weighted by Crippen LogP contribution is -2.14. The van der Waals surface area contributed by atoms with Crippen molar-refractivity contribution in [1.82, 2.24) is 0 Å². The lowest BCUT2D eigenvalue weighted by molar-refractivity contribution is -0.113. The Morgan fingerprint density at radius 2 is 1.90 bits per heavy atom. The molecule has 0 bridgehead atoms. The van der Waals surface area contributed by atoms with Gasteiger partial charge in [0.25, 0.3) is 0 Å². The third-order valence-corrected chi connectivity index (χ3v) is 3.81. The van der Waals surface area contributed by atoms with E-state index in [0.717, 1.165) is 0 Å². The van der Waals surface area contributed by atoms with Crippen LogP contribution < -0.4 is 10.1 Å². The van der Waals surface area contributed by atoms with Crippen molar-refractivity contribution in [2.75, 3.05) is 18.2 Å². The van der Waals surface area contributed by atoms with Crippen molar-refractivity contribution in [1.29, 1.82) is 0 Å². The molecule has 0 saturated carbocycles. The molecule has 0 aliphatic carbocycles. The van der Waals surface area contributed by atoms with Crippen molar-refractivity contribution in [2.45, 2.75) is 5.75 Å².